The number of nitrogens with zero attached hydrogens (tertiary/aromatic N) is 3. The van der Waals surface area contributed by atoms with Crippen LogP contribution in [0.4, 0.5) is 4.39 Å². The average molecular weight is 390 g/mol. The molecule has 144 valence electrons. The number of allylic oxidation sites excluding steroid dienone is 1. The van der Waals surface area contributed by atoms with Gasteiger partial charge in [0.2, 0.25) is 11.1 Å². The Morgan fingerprint density at radius 1 is 1.33 bits per heavy atom. The minimum Gasteiger partial charge on any atom is -0.355 e. The van der Waals surface area contributed by atoms with Gasteiger partial charge in [-0.3, -0.25) is 4.79 Å². The number of hydrogen-bond donors (Lipinski definition) is 2. The minimum absolute atomic E-state index is 0.0530. The van der Waals surface area contributed by atoms with Gasteiger partial charge in [0, 0.05) is 12.1 Å². The number of aromatic nitrogens is 3. The van der Waals surface area contributed by atoms with Gasteiger partial charge in [0.1, 0.15) is 5.82 Å². The van der Waals surface area contributed by atoms with Crippen molar-refractivity contribution in [1.82, 2.24) is 20.2 Å². The number of rotatable bonds is 7. The number of nitrogens with one attached hydrogen (secondary N) is 1. The van der Waals surface area contributed by atoms with Crippen LogP contribution in [0.3, 0.4) is 0 Å². The molecule has 2 aromatic rings. The largest absolute Gasteiger partial charge is 0.355 e. The number of nitrogen functional groups attached to an aromatic ring is 1. The van der Waals surface area contributed by atoms with E-state index in [1.54, 1.807) is 12.1 Å². The molecule has 1 aliphatic rings. The molecule has 1 aliphatic carbocycles. The van der Waals surface area contributed by atoms with Crippen LogP contribution in [0.25, 0.3) is 11.4 Å². The summed E-state index contributed by atoms with van der Waals surface area (Å²) in [6.45, 7) is 2.46. The number of thioether (sulfide) groups is 1. The fourth-order valence-corrected chi connectivity index (χ4v) is 3.78. The Balaban J connectivity index is 1.54. The lowest BCUT2D eigenvalue weighted by Gasteiger charge is -2.14. The van der Waals surface area contributed by atoms with Crippen LogP contribution in [0.1, 0.15) is 39.0 Å². The van der Waals surface area contributed by atoms with Crippen LogP contribution in [0.2, 0.25) is 0 Å². The first-order valence-electron chi connectivity index (χ1n) is 9.13. The summed E-state index contributed by atoms with van der Waals surface area (Å²) in [6, 6.07) is 5.86. The summed E-state index contributed by atoms with van der Waals surface area (Å²) in [5.74, 6) is 6.10. The van der Waals surface area contributed by atoms with Crippen molar-refractivity contribution in [2.75, 3.05) is 12.4 Å². The molecule has 0 aliphatic heterocycles. The SMILES string of the molecule is CC(Sc1nnc(-c2ccc(F)cc2)n1N)C(=O)NCCC1=CCCCC1. The van der Waals surface area contributed by atoms with Crippen molar-refractivity contribution >= 4 is 17.7 Å². The second-order valence-corrected chi connectivity index (χ2v) is 7.90. The highest BCUT2D eigenvalue weighted by Crippen LogP contribution is 2.25. The Kier molecular flexibility index (Phi) is 6.49. The van der Waals surface area contributed by atoms with Crippen LogP contribution in [-0.4, -0.2) is 32.6 Å². The van der Waals surface area contributed by atoms with Crippen molar-refractivity contribution in [3.05, 3.63) is 41.7 Å². The van der Waals surface area contributed by atoms with Crippen LogP contribution < -0.4 is 11.2 Å². The summed E-state index contributed by atoms with van der Waals surface area (Å²) in [7, 11) is 0. The number of amides is 1. The zero-order valence-corrected chi connectivity index (χ0v) is 16.1. The number of halogens is 1. The summed E-state index contributed by atoms with van der Waals surface area (Å²) in [6.07, 6.45) is 8.01. The quantitative estimate of drug-likeness (QED) is 0.431. The fourth-order valence-electron chi connectivity index (χ4n) is 2.99. The molecule has 0 saturated heterocycles. The first kappa shape index (κ1) is 19.4. The van der Waals surface area contributed by atoms with E-state index in [0.717, 1.165) is 19.3 Å². The number of carbonyl (C=O) groups excluding carboxylic acids is 1. The van der Waals surface area contributed by atoms with Crippen molar-refractivity contribution in [2.24, 2.45) is 0 Å². The van der Waals surface area contributed by atoms with Crippen LogP contribution in [0, 0.1) is 5.82 Å². The van der Waals surface area contributed by atoms with Crippen molar-refractivity contribution < 1.29 is 9.18 Å². The van der Waals surface area contributed by atoms with Crippen molar-refractivity contribution in [1.29, 1.82) is 0 Å². The molecule has 0 bridgehead atoms. The molecule has 1 aromatic heterocycles. The van der Waals surface area contributed by atoms with E-state index in [0.29, 0.717) is 23.1 Å². The predicted octanol–water partition coefficient (Wildman–Crippen LogP) is 3.29. The minimum atomic E-state index is -0.349. The monoisotopic (exact) mass is 389 g/mol. The lowest BCUT2D eigenvalue weighted by Crippen LogP contribution is -2.32. The molecule has 0 fully saturated rings. The highest BCUT2D eigenvalue weighted by Gasteiger charge is 2.20. The zero-order chi connectivity index (χ0) is 19.2. The smallest absolute Gasteiger partial charge is 0.233 e. The van der Waals surface area contributed by atoms with E-state index in [1.165, 1.54) is 47.0 Å². The predicted molar refractivity (Wildman–Crippen MR) is 105 cm³/mol. The van der Waals surface area contributed by atoms with Crippen molar-refractivity contribution in [3.8, 4) is 11.4 Å². The lowest BCUT2D eigenvalue weighted by atomic mass is 9.97. The number of benzene rings is 1. The van der Waals surface area contributed by atoms with Gasteiger partial charge >= 0.3 is 0 Å². The van der Waals surface area contributed by atoms with Gasteiger partial charge in [-0.05, 0) is 63.3 Å². The molecule has 0 spiro atoms. The van der Waals surface area contributed by atoms with E-state index in [2.05, 4.69) is 21.6 Å². The third kappa shape index (κ3) is 5.09. The van der Waals surface area contributed by atoms with Gasteiger partial charge in [0.05, 0.1) is 5.25 Å². The van der Waals surface area contributed by atoms with Crippen molar-refractivity contribution in [3.63, 3.8) is 0 Å². The Bertz CT molecular complexity index is 818. The van der Waals surface area contributed by atoms with E-state index in [4.69, 9.17) is 5.84 Å². The maximum Gasteiger partial charge on any atom is 0.233 e. The maximum atomic E-state index is 13.1. The molecular formula is C19H24FN5OS. The Hall–Kier alpha value is -2.35. The fraction of sp³-hybridized carbons (Fsp3) is 0.421. The Labute approximate surface area is 162 Å². The molecule has 3 rings (SSSR count). The highest BCUT2D eigenvalue weighted by molar-refractivity contribution is 8.00. The molecule has 0 radical (unpaired) electrons. The molecule has 1 heterocycles. The molecule has 27 heavy (non-hydrogen) atoms. The normalized spacial score (nSPS) is 15.3. The van der Waals surface area contributed by atoms with E-state index < -0.39 is 0 Å². The molecule has 0 saturated carbocycles. The number of carbonyl (C=O) groups is 1. The molecule has 8 heteroatoms. The summed E-state index contributed by atoms with van der Waals surface area (Å²) >= 11 is 1.25. The van der Waals surface area contributed by atoms with E-state index in [1.807, 2.05) is 6.92 Å². The summed E-state index contributed by atoms with van der Waals surface area (Å²) < 4.78 is 14.4. The van der Waals surface area contributed by atoms with Crippen LogP contribution in [0.5, 0.6) is 0 Å². The average Bonchev–Trinajstić information content (AvgIpc) is 3.03. The van der Waals surface area contributed by atoms with E-state index >= 15 is 0 Å². The summed E-state index contributed by atoms with van der Waals surface area (Å²) in [4.78, 5) is 12.3. The molecule has 1 amide bonds. The Morgan fingerprint density at radius 2 is 2.11 bits per heavy atom. The molecule has 3 N–H and O–H groups in total. The molecule has 1 aromatic carbocycles. The van der Waals surface area contributed by atoms with E-state index in [-0.39, 0.29) is 17.0 Å². The molecule has 1 atom stereocenters. The lowest BCUT2D eigenvalue weighted by molar-refractivity contribution is -0.120. The second-order valence-electron chi connectivity index (χ2n) is 6.59. The van der Waals surface area contributed by atoms with Gasteiger partial charge in [-0.15, -0.1) is 10.2 Å². The summed E-state index contributed by atoms with van der Waals surface area (Å²) in [5, 5.41) is 11.2. The first-order chi connectivity index (χ1) is 13.0. The first-order valence-corrected chi connectivity index (χ1v) is 10.0. The van der Waals surface area contributed by atoms with Gasteiger partial charge in [-0.2, -0.15) is 0 Å². The van der Waals surface area contributed by atoms with Crippen molar-refractivity contribution in [2.45, 2.75) is 49.4 Å². The number of hydrogen-bond acceptors (Lipinski definition) is 5. The maximum absolute atomic E-state index is 13.1. The van der Waals surface area contributed by atoms with Gasteiger partial charge in [-0.1, -0.05) is 23.4 Å². The molecule has 6 nitrogen and oxygen atoms in total. The molecular weight excluding hydrogens is 365 g/mol. The van der Waals surface area contributed by atoms with Gasteiger partial charge in [0.15, 0.2) is 5.82 Å². The van der Waals surface area contributed by atoms with Gasteiger partial charge in [0.25, 0.3) is 0 Å². The summed E-state index contributed by atoms with van der Waals surface area (Å²) in [5.41, 5.74) is 2.10. The van der Waals surface area contributed by atoms with Crippen LogP contribution in [-0.2, 0) is 4.79 Å². The standard InChI is InChI=1S/C19H24FN5OS/c1-13(18(26)22-12-11-14-5-3-2-4-6-14)27-19-24-23-17(25(19)21)15-7-9-16(20)10-8-15/h5,7-10,13H,2-4,6,11-12,21H2,1H3,(H,22,26). The number of nitrogens with two attached hydrogens (primary N) is 1. The topological polar surface area (TPSA) is 85.8 Å². The van der Waals surface area contributed by atoms with Crippen LogP contribution >= 0.6 is 11.8 Å². The Morgan fingerprint density at radius 3 is 2.81 bits per heavy atom. The molecule has 1 unspecified atom stereocenters. The third-order valence-corrected chi connectivity index (χ3v) is 5.61. The van der Waals surface area contributed by atoms with Gasteiger partial charge < -0.3 is 11.2 Å². The van der Waals surface area contributed by atoms with Crippen LogP contribution in [0.15, 0.2) is 41.1 Å². The highest BCUT2D eigenvalue weighted by atomic mass is 32.2. The van der Waals surface area contributed by atoms with E-state index in [9.17, 15) is 9.18 Å². The third-order valence-electron chi connectivity index (χ3n) is 4.55. The zero-order valence-electron chi connectivity index (χ0n) is 15.3. The second kappa shape index (κ2) is 9.03. The van der Waals surface area contributed by atoms with Gasteiger partial charge in [-0.25, -0.2) is 9.07 Å².